The summed E-state index contributed by atoms with van der Waals surface area (Å²) >= 11 is 3.42. The van der Waals surface area contributed by atoms with Gasteiger partial charge in [0.05, 0.1) is 6.61 Å². The third-order valence-corrected chi connectivity index (χ3v) is 3.43. The molecule has 0 spiro atoms. The van der Waals surface area contributed by atoms with Gasteiger partial charge in [0.25, 0.3) is 0 Å². The highest BCUT2D eigenvalue weighted by molar-refractivity contribution is 9.10. The Labute approximate surface area is 111 Å². The van der Waals surface area contributed by atoms with E-state index >= 15 is 0 Å². The second kappa shape index (κ2) is 5.85. The van der Waals surface area contributed by atoms with Crippen molar-refractivity contribution in [1.82, 2.24) is 5.32 Å². The maximum atomic E-state index is 5.66. The highest BCUT2D eigenvalue weighted by Gasteiger charge is 2.28. The van der Waals surface area contributed by atoms with Gasteiger partial charge in [-0.25, -0.2) is 0 Å². The summed E-state index contributed by atoms with van der Waals surface area (Å²) in [5, 5.41) is 3.48. The van der Waals surface area contributed by atoms with Crippen LogP contribution in [0.15, 0.2) is 28.7 Å². The largest absolute Gasteiger partial charge is 0.492 e. The predicted octanol–water partition coefficient (Wildman–Crippen LogP) is 2.60. The van der Waals surface area contributed by atoms with Crippen LogP contribution in [0.25, 0.3) is 0 Å². The molecule has 3 nitrogen and oxygen atoms in total. The van der Waals surface area contributed by atoms with Crippen molar-refractivity contribution in [2.45, 2.75) is 18.9 Å². The first-order valence-corrected chi connectivity index (χ1v) is 6.68. The van der Waals surface area contributed by atoms with Crippen LogP contribution in [-0.4, -0.2) is 31.9 Å². The molecule has 1 aromatic rings. The summed E-state index contributed by atoms with van der Waals surface area (Å²) < 4.78 is 12.1. The lowest BCUT2D eigenvalue weighted by Crippen LogP contribution is -2.44. The lowest BCUT2D eigenvalue weighted by atomic mass is 10.0. The molecular formula is C13H18BrNO2. The van der Waals surface area contributed by atoms with E-state index in [4.69, 9.17) is 9.47 Å². The minimum absolute atomic E-state index is 0.126. The normalized spacial score (nSPS) is 23.9. The Morgan fingerprint density at radius 1 is 1.53 bits per heavy atom. The zero-order valence-electron chi connectivity index (χ0n) is 10.0. The van der Waals surface area contributed by atoms with Crippen LogP contribution in [0.1, 0.15) is 13.3 Å². The van der Waals surface area contributed by atoms with Crippen LogP contribution >= 0.6 is 15.9 Å². The average molecular weight is 300 g/mol. The predicted molar refractivity (Wildman–Crippen MR) is 71.5 cm³/mol. The van der Waals surface area contributed by atoms with Gasteiger partial charge >= 0.3 is 0 Å². The number of hydrogen-bond acceptors (Lipinski definition) is 3. The second-order valence-corrected chi connectivity index (χ2v) is 5.51. The first-order chi connectivity index (χ1) is 8.18. The van der Waals surface area contributed by atoms with Gasteiger partial charge in [0.15, 0.2) is 0 Å². The van der Waals surface area contributed by atoms with E-state index in [1.54, 1.807) is 0 Å². The van der Waals surface area contributed by atoms with E-state index in [1.807, 2.05) is 24.3 Å². The topological polar surface area (TPSA) is 30.5 Å². The Morgan fingerprint density at radius 2 is 2.41 bits per heavy atom. The van der Waals surface area contributed by atoms with Crippen molar-refractivity contribution in [1.29, 1.82) is 0 Å². The SMILES string of the molecule is CC1(NCCOc2cccc(Br)c2)CCOC1. The Kier molecular flexibility index (Phi) is 4.42. The maximum Gasteiger partial charge on any atom is 0.120 e. The summed E-state index contributed by atoms with van der Waals surface area (Å²) in [4.78, 5) is 0. The van der Waals surface area contributed by atoms with Crippen molar-refractivity contribution in [3.05, 3.63) is 28.7 Å². The molecule has 4 heteroatoms. The fraction of sp³-hybridized carbons (Fsp3) is 0.538. The van der Waals surface area contributed by atoms with Crippen molar-refractivity contribution in [2.75, 3.05) is 26.4 Å². The third kappa shape index (κ3) is 3.98. The van der Waals surface area contributed by atoms with Crippen LogP contribution in [0, 0.1) is 0 Å². The summed E-state index contributed by atoms with van der Waals surface area (Å²) in [7, 11) is 0. The minimum Gasteiger partial charge on any atom is -0.492 e. The Hall–Kier alpha value is -0.580. The van der Waals surface area contributed by atoms with E-state index in [0.717, 1.165) is 36.4 Å². The van der Waals surface area contributed by atoms with Crippen molar-refractivity contribution < 1.29 is 9.47 Å². The zero-order valence-corrected chi connectivity index (χ0v) is 11.6. The second-order valence-electron chi connectivity index (χ2n) is 4.60. The maximum absolute atomic E-state index is 5.66. The molecular weight excluding hydrogens is 282 g/mol. The van der Waals surface area contributed by atoms with Crippen LogP contribution in [0.4, 0.5) is 0 Å². The van der Waals surface area contributed by atoms with Gasteiger partial charge < -0.3 is 14.8 Å². The Balaban J connectivity index is 1.69. The monoisotopic (exact) mass is 299 g/mol. The average Bonchev–Trinajstić information content (AvgIpc) is 2.72. The summed E-state index contributed by atoms with van der Waals surface area (Å²) in [6, 6.07) is 7.90. The fourth-order valence-electron chi connectivity index (χ4n) is 1.88. The van der Waals surface area contributed by atoms with E-state index in [9.17, 15) is 0 Å². The highest BCUT2D eigenvalue weighted by Crippen LogP contribution is 2.18. The molecule has 94 valence electrons. The number of halogens is 1. The first-order valence-electron chi connectivity index (χ1n) is 5.89. The van der Waals surface area contributed by atoms with Crippen molar-refractivity contribution in [2.24, 2.45) is 0 Å². The molecule has 1 atom stereocenters. The Bertz CT molecular complexity index is 364. The number of ether oxygens (including phenoxy) is 2. The molecule has 2 rings (SSSR count). The van der Waals surface area contributed by atoms with Crippen LogP contribution in [0.5, 0.6) is 5.75 Å². The highest BCUT2D eigenvalue weighted by atomic mass is 79.9. The van der Waals surface area contributed by atoms with Gasteiger partial charge in [-0.15, -0.1) is 0 Å². The van der Waals surface area contributed by atoms with Crippen LogP contribution in [0.3, 0.4) is 0 Å². The first kappa shape index (κ1) is 12.9. The lowest BCUT2D eigenvalue weighted by molar-refractivity contribution is 0.169. The van der Waals surface area contributed by atoms with E-state index in [0.29, 0.717) is 6.61 Å². The molecule has 0 aromatic heterocycles. The van der Waals surface area contributed by atoms with Crippen LogP contribution < -0.4 is 10.1 Å². The van der Waals surface area contributed by atoms with Crippen LogP contribution in [0.2, 0.25) is 0 Å². The molecule has 1 heterocycles. The summed E-state index contributed by atoms with van der Waals surface area (Å²) in [5.74, 6) is 0.897. The molecule has 0 bridgehead atoms. The zero-order chi connectivity index (χ0) is 12.1. The number of benzene rings is 1. The van der Waals surface area contributed by atoms with E-state index in [1.165, 1.54) is 0 Å². The lowest BCUT2D eigenvalue weighted by Gasteiger charge is -2.23. The molecule has 0 amide bonds. The molecule has 1 aliphatic heterocycles. The standard InChI is InChI=1S/C13H18BrNO2/c1-13(5-7-16-10-13)15-6-8-17-12-4-2-3-11(14)9-12/h2-4,9,15H,5-8,10H2,1H3. The van der Waals surface area contributed by atoms with Crippen molar-refractivity contribution in [3.8, 4) is 5.75 Å². The van der Waals surface area contributed by atoms with Gasteiger partial charge in [-0.1, -0.05) is 22.0 Å². The van der Waals surface area contributed by atoms with E-state index < -0.39 is 0 Å². The Morgan fingerprint density at radius 3 is 3.12 bits per heavy atom. The third-order valence-electron chi connectivity index (χ3n) is 2.94. The van der Waals surface area contributed by atoms with Gasteiger partial charge in [-0.2, -0.15) is 0 Å². The summed E-state index contributed by atoms with van der Waals surface area (Å²) in [6.45, 7) is 5.36. The molecule has 0 radical (unpaired) electrons. The summed E-state index contributed by atoms with van der Waals surface area (Å²) in [5.41, 5.74) is 0.126. The van der Waals surface area contributed by atoms with Crippen molar-refractivity contribution in [3.63, 3.8) is 0 Å². The quantitative estimate of drug-likeness (QED) is 0.848. The molecule has 17 heavy (non-hydrogen) atoms. The molecule has 0 saturated carbocycles. The van der Waals surface area contributed by atoms with Gasteiger partial charge in [-0.05, 0) is 31.5 Å². The van der Waals surface area contributed by atoms with Gasteiger partial charge in [0, 0.05) is 23.2 Å². The molecule has 1 aliphatic rings. The number of rotatable bonds is 5. The van der Waals surface area contributed by atoms with E-state index in [-0.39, 0.29) is 5.54 Å². The smallest absolute Gasteiger partial charge is 0.120 e. The molecule has 1 N–H and O–H groups in total. The van der Waals surface area contributed by atoms with Gasteiger partial charge in [0.1, 0.15) is 12.4 Å². The van der Waals surface area contributed by atoms with Gasteiger partial charge in [-0.3, -0.25) is 0 Å². The minimum atomic E-state index is 0.126. The molecule has 1 fully saturated rings. The fourth-order valence-corrected chi connectivity index (χ4v) is 2.26. The molecule has 0 aliphatic carbocycles. The summed E-state index contributed by atoms with van der Waals surface area (Å²) in [6.07, 6.45) is 1.07. The molecule has 1 saturated heterocycles. The molecule has 1 unspecified atom stereocenters. The number of nitrogens with one attached hydrogen (secondary N) is 1. The molecule has 1 aromatic carbocycles. The van der Waals surface area contributed by atoms with Crippen LogP contribution in [-0.2, 0) is 4.74 Å². The number of hydrogen-bond donors (Lipinski definition) is 1. The van der Waals surface area contributed by atoms with E-state index in [2.05, 4.69) is 28.2 Å². The van der Waals surface area contributed by atoms with Crippen molar-refractivity contribution >= 4 is 15.9 Å². The van der Waals surface area contributed by atoms with Gasteiger partial charge in [0.2, 0.25) is 0 Å².